The molecule has 2 bridgehead atoms. The van der Waals surface area contributed by atoms with Gasteiger partial charge in [0.25, 0.3) is 0 Å². The van der Waals surface area contributed by atoms with E-state index in [2.05, 4.69) is 31.4 Å². The molecule has 0 aromatic heterocycles. The highest BCUT2D eigenvalue weighted by atomic mass is 32.1. The van der Waals surface area contributed by atoms with Crippen molar-refractivity contribution >= 4 is 17.3 Å². The van der Waals surface area contributed by atoms with Gasteiger partial charge in [-0.15, -0.1) is 0 Å². The van der Waals surface area contributed by atoms with Crippen molar-refractivity contribution in [3.8, 4) is 0 Å². The molecule has 0 unspecified atom stereocenters. The van der Waals surface area contributed by atoms with Gasteiger partial charge < -0.3 is 10.6 Å². The molecule has 86 valence electrons. The fourth-order valence-corrected chi connectivity index (χ4v) is 3.42. The molecule has 15 heavy (non-hydrogen) atoms. The van der Waals surface area contributed by atoms with Crippen LogP contribution in [0, 0.1) is 11.8 Å². The number of thiocarbonyl (C=S) groups is 1. The molecule has 2 fully saturated rings. The van der Waals surface area contributed by atoms with Gasteiger partial charge in [0.15, 0.2) is 5.11 Å². The summed E-state index contributed by atoms with van der Waals surface area (Å²) in [4.78, 5) is 0. The molecule has 3 atom stereocenters. The van der Waals surface area contributed by atoms with Crippen LogP contribution < -0.4 is 10.6 Å². The minimum Gasteiger partial charge on any atom is -0.360 e. The lowest BCUT2D eigenvalue weighted by molar-refractivity contribution is 0.384. The molecule has 0 aromatic rings. The first kappa shape index (κ1) is 11.2. The second kappa shape index (κ2) is 3.93. The highest BCUT2D eigenvalue weighted by Gasteiger charge is 2.39. The Morgan fingerprint density at radius 1 is 1.20 bits per heavy atom. The molecule has 0 amide bonds. The fraction of sp³-hybridized carbons (Fsp3) is 0.917. The quantitative estimate of drug-likeness (QED) is 0.672. The molecule has 2 aliphatic carbocycles. The van der Waals surface area contributed by atoms with E-state index in [4.69, 9.17) is 12.2 Å². The van der Waals surface area contributed by atoms with Crippen molar-refractivity contribution in [1.82, 2.24) is 10.6 Å². The van der Waals surface area contributed by atoms with Gasteiger partial charge in [-0.05, 0) is 64.1 Å². The molecule has 2 aliphatic rings. The van der Waals surface area contributed by atoms with Crippen LogP contribution in [0.3, 0.4) is 0 Å². The molecule has 0 heterocycles. The van der Waals surface area contributed by atoms with Crippen LogP contribution in [0.4, 0.5) is 0 Å². The number of hydrogen-bond donors (Lipinski definition) is 2. The summed E-state index contributed by atoms with van der Waals surface area (Å²) in [7, 11) is 0. The van der Waals surface area contributed by atoms with Gasteiger partial charge in [0.05, 0.1) is 0 Å². The number of hydrogen-bond acceptors (Lipinski definition) is 1. The Morgan fingerprint density at radius 2 is 1.93 bits per heavy atom. The molecule has 0 saturated heterocycles. The normalized spacial score (nSPS) is 34.2. The average Bonchev–Trinajstić information content (AvgIpc) is 2.60. The second-order valence-corrected chi connectivity index (χ2v) is 6.54. The highest BCUT2D eigenvalue weighted by molar-refractivity contribution is 7.80. The monoisotopic (exact) mass is 226 g/mol. The molecule has 2 saturated carbocycles. The van der Waals surface area contributed by atoms with Crippen LogP contribution in [0.25, 0.3) is 0 Å². The van der Waals surface area contributed by atoms with Gasteiger partial charge in [-0.1, -0.05) is 6.42 Å². The summed E-state index contributed by atoms with van der Waals surface area (Å²) < 4.78 is 0. The van der Waals surface area contributed by atoms with Crippen LogP contribution in [-0.2, 0) is 0 Å². The highest BCUT2D eigenvalue weighted by Crippen LogP contribution is 2.44. The Kier molecular flexibility index (Phi) is 2.93. The Hall–Kier alpha value is -0.310. The largest absolute Gasteiger partial charge is 0.360 e. The SMILES string of the molecule is CC(C)(C)NC(=S)N[C@@H]1C[C@@H]2CC[C@H]1C2. The van der Waals surface area contributed by atoms with Crippen molar-refractivity contribution in [3.63, 3.8) is 0 Å². The van der Waals surface area contributed by atoms with Gasteiger partial charge in [-0.25, -0.2) is 0 Å². The number of fused-ring (bicyclic) bond motifs is 2. The van der Waals surface area contributed by atoms with Crippen LogP contribution >= 0.6 is 12.2 Å². The number of rotatable bonds is 1. The molecular weight excluding hydrogens is 204 g/mol. The average molecular weight is 226 g/mol. The standard InChI is InChI=1S/C12H22N2S/c1-12(2,3)14-11(15)13-10-7-8-4-5-9(10)6-8/h8-10H,4-7H2,1-3H3,(H2,13,14,15)/t8-,9+,10-/m1/s1. The van der Waals surface area contributed by atoms with E-state index in [9.17, 15) is 0 Å². The van der Waals surface area contributed by atoms with Crippen LogP contribution in [0.2, 0.25) is 0 Å². The van der Waals surface area contributed by atoms with E-state index >= 15 is 0 Å². The van der Waals surface area contributed by atoms with Crippen molar-refractivity contribution in [3.05, 3.63) is 0 Å². The van der Waals surface area contributed by atoms with E-state index in [0.29, 0.717) is 6.04 Å². The molecular formula is C12H22N2S. The zero-order valence-electron chi connectivity index (χ0n) is 9.97. The van der Waals surface area contributed by atoms with E-state index < -0.39 is 0 Å². The smallest absolute Gasteiger partial charge is 0.166 e. The summed E-state index contributed by atoms with van der Waals surface area (Å²) in [5, 5.41) is 7.65. The second-order valence-electron chi connectivity index (χ2n) is 6.13. The van der Waals surface area contributed by atoms with E-state index in [-0.39, 0.29) is 5.54 Å². The summed E-state index contributed by atoms with van der Waals surface area (Å²) in [5.41, 5.74) is 0.0711. The molecule has 2 N–H and O–H groups in total. The molecule has 0 aromatic carbocycles. The first-order chi connectivity index (χ1) is 6.94. The zero-order valence-corrected chi connectivity index (χ0v) is 10.8. The molecule has 3 heteroatoms. The van der Waals surface area contributed by atoms with Crippen molar-refractivity contribution in [2.24, 2.45) is 11.8 Å². The third-order valence-electron chi connectivity index (χ3n) is 3.54. The van der Waals surface area contributed by atoms with Crippen LogP contribution in [0.5, 0.6) is 0 Å². The Labute approximate surface area is 98.2 Å². The van der Waals surface area contributed by atoms with Crippen LogP contribution in [-0.4, -0.2) is 16.7 Å². The minimum absolute atomic E-state index is 0.0711. The van der Waals surface area contributed by atoms with Crippen molar-refractivity contribution in [2.45, 2.75) is 58.0 Å². The van der Waals surface area contributed by atoms with Gasteiger partial charge in [-0.3, -0.25) is 0 Å². The molecule has 2 nitrogen and oxygen atoms in total. The van der Waals surface area contributed by atoms with Gasteiger partial charge in [-0.2, -0.15) is 0 Å². The molecule has 0 spiro atoms. The maximum atomic E-state index is 5.33. The van der Waals surface area contributed by atoms with Crippen LogP contribution in [0.1, 0.15) is 46.5 Å². The Balaban J connectivity index is 1.80. The minimum atomic E-state index is 0.0711. The lowest BCUT2D eigenvalue weighted by Gasteiger charge is -2.28. The third-order valence-corrected chi connectivity index (χ3v) is 3.76. The Morgan fingerprint density at radius 3 is 2.40 bits per heavy atom. The van der Waals surface area contributed by atoms with Crippen molar-refractivity contribution < 1.29 is 0 Å². The summed E-state index contributed by atoms with van der Waals surface area (Å²) >= 11 is 5.33. The van der Waals surface area contributed by atoms with E-state index in [1.807, 2.05) is 0 Å². The summed E-state index contributed by atoms with van der Waals surface area (Å²) in [6.45, 7) is 6.42. The maximum absolute atomic E-state index is 5.33. The number of nitrogens with one attached hydrogen (secondary N) is 2. The van der Waals surface area contributed by atoms with Gasteiger partial charge in [0.2, 0.25) is 0 Å². The topological polar surface area (TPSA) is 24.1 Å². The lowest BCUT2D eigenvalue weighted by atomic mass is 9.95. The summed E-state index contributed by atoms with van der Waals surface area (Å²) in [5.74, 6) is 1.86. The van der Waals surface area contributed by atoms with Crippen molar-refractivity contribution in [1.29, 1.82) is 0 Å². The fourth-order valence-electron chi connectivity index (χ4n) is 2.97. The molecule has 2 rings (SSSR count). The zero-order chi connectivity index (χ0) is 11.1. The van der Waals surface area contributed by atoms with Gasteiger partial charge >= 0.3 is 0 Å². The predicted octanol–water partition coefficient (Wildman–Crippen LogP) is 2.44. The predicted molar refractivity (Wildman–Crippen MR) is 67.9 cm³/mol. The van der Waals surface area contributed by atoms with Crippen LogP contribution in [0.15, 0.2) is 0 Å². The van der Waals surface area contributed by atoms with Gasteiger partial charge in [0, 0.05) is 11.6 Å². The third kappa shape index (κ3) is 2.83. The molecule has 0 radical (unpaired) electrons. The lowest BCUT2D eigenvalue weighted by Crippen LogP contribution is -2.50. The van der Waals surface area contributed by atoms with Gasteiger partial charge in [0.1, 0.15) is 0 Å². The summed E-state index contributed by atoms with van der Waals surface area (Å²) in [6.07, 6.45) is 5.61. The van der Waals surface area contributed by atoms with E-state index in [1.165, 1.54) is 25.7 Å². The van der Waals surface area contributed by atoms with Crippen molar-refractivity contribution in [2.75, 3.05) is 0 Å². The first-order valence-corrected chi connectivity index (χ1v) is 6.43. The summed E-state index contributed by atoms with van der Waals surface area (Å²) in [6, 6.07) is 0.645. The van der Waals surface area contributed by atoms with E-state index in [1.54, 1.807) is 0 Å². The Bertz CT molecular complexity index is 257. The molecule has 0 aliphatic heterocycles. The maximum Gasteiger partial charge on any atom is 0.166 e. The van der Waals surface area contributed by atoms with E-state index in [0.717, 1.165) is 16.9 Å². The first-order valence-electron chi connectivity index (χ1n) is 6.03.